The molecule has 1 amide bonds. The van der Waals surface area contributed by atoms with Gasteiger partial charge >= 0.3 is 0 Å². The van der Waals surface area contributed by atoms with Gasteiger partial charge in [0, 0.05) is 0 Å². The highest BCUT2D eigenvalue weighted by Crippen LogP contribution is 2.18. The number of hydrogen-bond acceptors (Lipinski definition) is 5. The first-order chi connectivity index (χ1) is 35.0. The van der Waals surface area contributed by atoms with E-state index in [0.29, 0.717) is 19.3 Å². The van der Waals surface area contributed by atoms with Gasteiger partial charge in [-0.25, -0.2) is 0 Å². The molecular weight excluding hydrogens is 875 g/mol. The summed E-state index contributed by atoms with van der Waals surface area (Å²) in [7, 11) is 0. The molecule has 0 heterocycles. The summed E-state index contributed by atoms with van der Waals surface area (Å²) in [6, 6.07) is -1.01. The van der Waals surface area contributed by atoms with Crippen LogP contribution in [-0.4, -0.2) is 57.3 Å². The maximum Gasteiger partial charge on any atom is 0.249 e. The topological polar surface area (TPSA) is 110 Å². The Bertz CT molecular complexity index is 1120. The molecular formula is C65H125NO5. The summed E-state index contributed by atoms with van der Waals surface area (Å²) in [5.74, 6) is -0.593. The predicted octanol–water partition coefficient (Wildman–Crippen LogP) is 19.1. The number of hydrogen-bond donors (Lipinski definition) is 5. The summed E-state index contributed by atoms with van der Waals surface area (Å²) in [5.41, 5.74) is 0. The lowest BCUT2D eigenvalue weighted by molar-refractivity contribution is -0.132. The Morgan fingerprint density at radius 2 is 0.592 bits per heavy atom. The first kappa shape index (κ1) is 69.5. The third-order valence-corrected chi connectivity index (χ3v) is 15.1. The fraction of sp³-hybridized carbons (Fsp3) is 0.892. The Balaban J connectivity index is 3.63. The van der Waals surface area contributed by atoms with Crippen molar-refractivity contribution in [3.63, 3.8) is 0 Å². The smallest absolute Gasteiger partial charge is 0.249 e. The van der Waals surface area contributed by atoms with E-state index in [9.17, 15) is 25.2 Å². The maximum absolute atomic E-state index is 12.6. The minimum Gasteiger partial charge on any atom is -0.394 e. The molecule has 0 fully saturated rings. The summed E-state index contributed by atoms with van der Waals surface area (Å²) in [6.07, 6.45) is 75.3. The number of aliphatic hydroxyl groups excluding tert-OH is 4. The van der Waals surface area contributed by atoms with Gasteiger partial charge in [-0.15, -0.1) is 0 Å². The Labute approximate surface area is 443 Å². The van der Waals surface area contributed by atoms with E-state index in [1.165, 1.54) is 257 Å². The molecule has 0 bridgehead atoms. The lowest BCUT2D eigenvalue weighted by Gasteiger charge is -2.27. The SMILES string of the molecule is CCCCCCCCCCCCCCC/C=C/CC/C=C/CC/C=C/CCCC(O)C(O)C(CO)NC(=O)C(O)CCCCCCCCCCCCCCCCCCCCCCCCCCCCCCC. The van der Waals surface area contributed by atoms with Crippen LogP contribution in [0.25, 0.3) is 0 Å². The quantitative estimate of drug-likeness (QED) is 0.0308. The van der Waals surface area contributed by atoms with Crippen molar-refractivity contribution in [2.24, 2.45) is 0 Å². The van der Waals surface area contributed by atoms with Crippen LogP contribution in [0.2, 0.25) is 0 Å². The van der Waals surface area contributed by atoms with E-state index in [4.69, 9.17) is 0 Å². The third kappa shape index (κ3) is 53.2. The number of carbonyl (C=O) groups is 1. The van der Waals surface area contributed by atoms with Crippen LogP contribution in [0.3, 0.4) is 0 Å². The van der Waals surface area contributed by atoms with Crippen molar-refractivity contribution in [1.29, 1.82) is 0 Å². The summed E-state index contributed by atoms with van der Waals surface area (Å²) < 4.78 is 0. The molecule has 0 rings (SSSR count). The van der Waals surface area contributed by atoms with E-state index in [1.54, 1.807) is 0 Å². The molecule has 0 aromatic carbocycles. The average molecular weight is 1000 g/mol. The van der Waals surface area contributed by atoms with Crippen LogP contribution in [0.15, 0.2) is 36.5 Å². The van der Waals surface area contributed by atoms with E-state index in [2.05, 4.69) is 55.6 Å². The number of allylic oxidation sites excluding steroid dienone is 6. The van der Waals surface area contributed by atoms with Crippen molar-refractivity contribution < 1.29 is 25.2 Å². The van der Waals surface area contributed by atoms with Crippen molar-refractivity contribution in [1.82, 2.24) is 5.32 Å². The van der Waals surface area contributed by atoms with E-state index >= 15 is 0 Å². The van der Waals surface area contributed by atoms with Gasteiger partial charge < -0.3 is 25.7 Å². The molecule has 0 aromatic heterocycles. The van der Waals surface area contributed by atoms with Gasteiger partial charge in [-0.2, -0.15) is 0 Å². The highest BCUT2D eigenvalue weighted by Gasteiger charge is 2.28. The number of rotatable bonds is 59. The lowest BCUT2D eigenvalue weighted by Crippen LogP contribution is -2.53. The van der Waals surface area contributed by atoms with Crippen LogP contribution in [0, 0.1) is 0 Å². The summed E-state index contributed by atoms with van der Waals surface area (Å²) in [5, 5.41) is 44.1. The van der Waals surface area contributed by atoms with E-state index < -0.39 is 36.9 Å². The van der Waals surface area contributed by atoms with E-state index in [0.717, 1.165) is 51.4 Å². The monoisotopic (exact) mass is 1000 g/mol. The molecule has 420 valence electrons. The predicted molar refractivity (Wildman–Crippen MR) is 311 cm³/mol. The van der Waals surface area contributed by atoms with E-state index in [-0.39, 0.29) is 0 Å². The van der Waals surface area contributed by atoms with Gasteiger partial charge in [0.2, 0.25) is 5.91 Å². The van der Waals surface area contributed by atoms with Crippen molar-refractivity contribution in [2.45, 2.75) is 366 Å². The Morgan fingerprint density at radius 3 is 0.887 bits per heavy atom. The lowest BCUT2D eigenvalue weighted by atomic mass is 10.00. The molecule has 0 spiro atoms. The molecule has 0 aliphatic rings. The van der Waals surface area contributed by atoms with Crippen LogP contribution < -0.4 is 5.32 Å². The fourth-order valence-corrected chi connectivity index (χ4v) is 10.1. The van der Waals surface area contributed by atoms with Crippen molar-refractivity contribution in [2.75, 3.05) is 6.61 Å². The molecule has 0 aliphatic carbocycles. The second-order valence-electron chi connectivity index (χ2n) is 22.1. The molecule has 0 saturated carbocycles. The van der Waals surface area contributed by atoms with Gasteiger partial charge in [-0.1, -0.05) is 314 Å². The van der Waals surface area contributed by atoms with Gasteiger partial charge in [-0.3, -0.25) is 4.79 Å². The van der Waals surface area contributed by atoms with Gasteiger partial charge in [0.05, 0.1) is 18.8 Å². The molecule has 0 aliphatic heterocycles. The average Bonchev–Trinajstić information content (AvgIpc) is 3.38. The molecule has 0 aromatic rings. The molecule has 4 atom stereocenters. The van der Waals surface area contributed by atoms with Gasteiger partial charge in [0.1, 0.15) is 12.2 Å². The van der Waals surface area contributed by atoms with Crippen LogP contribution in [0.5, 0.6) is 0 Å². The number of unbranched alkanes of at least 4 members (excludes halogenated alkanes) is 44. The number of nitrogens with one attached hydrogen (secondary N) is 1. The molecule has 5 N–H and O–H groups in total. The summed E-state index contributed by atoms with van der Waals surface area (Å²) in [6.45, 7) is 4.08. The van der Waals surface area contributed by atoms with Crippen molar-refractivity contribution in [3.05, 3.63) is 36.5 Å². The van der Waals surface area contributed by atoms with Gasteiger partial charge in [0.25, 0.3) is 0 Å². The zero-order valence-corrected chi connectivity index (χ0v) is 47.7. The van der Waals surface area contributed by atoms with Crippen molar-refractivity contribution in [3.8, 4) is 0 Å². The second kappa shape index (κ2) is 59.4. The zero-order valence-electron chi connectivity index (χ0n) is 47.7. The first-order valence-corrected chi connectivity index (χ1v) is 31.9. The molecule has 6 heteroatoms. The van der Waals surface area contributed by atoms with E-state index in [1.807, 2.05) is 0 Å². The number of aliphatic hydroxyl groups is 4. The minimum atomic E-state index is -1.29. The minimum absolute atomic E-state index is 0.362. The zero-order chi connectivity index (χ0) is 51.6. The fourth-order valence-electron chi connectivity index (χ4n) is 10.1. The van der Waals surface area contributed by atoms with Crippen LogP contribution in [-0.2, 0) is 4.79 Å². The highest BCUT2D eigenvalue weighted by atomic mass is 16.3. The van der Waals surface area contributed by atoms with Crippen LogP contribution in [0.1, 0.15) is 341 Å². The summed E-state index contributed by atoms with van der Waals surface area (Å²) >= 11 is 0. The molecule has 71 heavy (non-hydrogen) atoms. The second-order valence-corrected chi connectivity index (χ2v) is 22.1. The molecule has 0 radical (unpaired) electrons. The van der Waals surface area contributed by atoms with Gasteiger partial charge in [0.15, 0.2) is 0 Å². The maximum atomic E-state index is 12.6. The number of amides is 1. The Hall–Kier alpha value is -1.47. The first-order valence-electron chi connectivity index (χ1n) is 31.9. The van der Waals surface area contributed by atoms with Crippen LogP contribution in [0.4, 0.5) is 0 Å². The number of carbonyl (C=O) groups excluding carboxylic acids is 1. The van der Waals surface area contributed by atoms with Gasteiger partial charge in [-0.05, 0) is 64.2 Å². The van der Waals surface area contributed by atoms with Crippen LogP contribution >= 0.6 is 0 Å². The van der Waals surface area contributed by atoms with Crippen molar-refractivity contribution >= 4 is 5.91 Å². The highest BCUT2D eigenvalue weighted by molar-refractivity contribution is 5.80. The Kier molecular flexibility index (Phi) is 58.2. The normalized spacial score (nSPS) is 13.8. The third-order valence-electron chi connectivity index (χ3n) is 15.1. The largest absolute Gasteiger partial charge is 0.394 e. The standard InChI is InChI=1S/C65H125NO5/c1-3-5-7-9-11-13-15-17-19-21-23-25-27-29-31-32-33-35-37-39-41-43-45-47-49-51-53-55-57-59-63(69)65(71)66-61(60-67)64(70)62(68)58-56-54-52-50-48-46-44-42-40-38-36-34-30-28-26-24-22-20-18-16-14-12-10-8-6-4-2/h34,36,42,44,50,52,61-64,67-70H,3-33,35,37-41,43,45-49,51,53-60H2,1-2H3,(H,66,71)/b36-34+,44-42+,52-50+. The molecule has 4 unspecified atom stereocenters. The summed E-state index contributed by atoms with van der Waals surface area (Å²) in [4.78, 5) is 12.6. The Morgan fingerprint density at radius 1 is 0.338 bits per heavy atom. The molecule has 6 nitrogen and oxygen atoms in total. The molecule has 0 saturated heterocycles.